The van der Waals surface area contributed by atoms with Crippen LogP contribution >= 0.6 is 11.6 Å². The molecule has 0 unspecified atom stereocenters. The van der Waals surface area contributed by atoms with Crippen molar-refractivity contribution in [3.8, 4) is 17.1 Å². The lowest BCUT2D eigenvalue weighted by Crippen LogP contribution is -2.21. The van der Waals surface area contributed by atoms with Gasteiger partial charge in [0.2, 0.25) is 5.91 Å². The van der Waals surface area contributed by atoms with E-state index in [-0.39, 0.29) is 17.3 Å². The van der Waals surface area contributed by atoms with Gasteiger partial charge in [0.1, 0.15) is 6.33 Å². The summed E-state index contributed by atoms with van der Waals surface area (Å²) in [6.07, 6.45) is 1.26. The number of nitrogens with zero attached hydrogens (tertiary/aromatic N) is 5. The van der Waals surface area contributed by atoms with E-state index in [4.69, 9.17) is 20.5 Å². The fourth-order valence-corrected chi connectivity index (χ4v) is 2.61. The van der Waals surface area contributed by atoms with E-state index in [1.165, 1.54) is 13.2 Å². The minimum Gasteiger partial charge on any atom is -0.494 e. The maximum absolute atomic E-state index is 12.0. The van der Waals surface area contributed by atoms with Crippen LogP contribution in [0.15, 0.2) is 30.6 Å². The van der Waals surface area contributed by atoms with Gasteiger partial charge in [0.05, 0.1) is 36.2 Å². The Morgan fingerprint density at radius 2 is 2.22 bits per heavy atom. The van der Waals surface area contributed by atoms with Gasteiger partial charge in [-0.05, 0) is 12.1 Å². The zero-order valence-electron chi connectivity index (χ0n) is 17.5. The van der Waals surface area contributed by atoms with Crippen molar-refractivity contribution in [3.63, 3.8) is 0 Å². The summed E-state index contributed by atoms with van der Waals surface area (Å²) in [4.78, 5) is 16.3. The van der Waals surface area contributed by atoms with Crippen molar-refractivity contribution >= 4 is 28.9 Å². The Bertz CT molecular complexity index is 1070. The Hall–Kier alpha value is -3.20. The minimum absolute atomic E-state index is 0.0963. The zero-order valence-corrected chi connectivity index (χ0v) is 15.3. The standard InChI is InChI=1S/C17H18ClN7O2/c1-19-15(26)8-13-12(7-14(18)23-22-13)21-11-6-4-5-10(16(11)27-3)17-20-9-25(2)24-17/h4-7,9H,8H2,1-3H3,(H,19,26)(H,21,23)/i1D3. The Labute approximate surface area is 164 Å². The van der Waals surface area contributed by atoms with E-state index in [0.29, 0.717) is 28.5 Å². The highest BCUT2D eigenvalue weighted by Gasteiger charge is 2.17. The second kappa shape index (κ2) is 8.00. The fraction of sp³-hybridized carbons (Fsp3) is 0.235. The first-order chi connectivity index (χ1) is 14.2. The quantitative estimate of drug-likeness (QED) is 0.662. The van der Waals surface area contributed by atoms with Gasteiger partial charge in [-0.1, -0.05) is 17.7 Å². The van der Waals surface area contributed by atoms with Gasteiger partial charge in [0.15, 0.2) is 16.7 Å². The number of ether oxygens (including phenoxy) is 1. The third-order valence-electron chi connectivity index (χ3n) is 3.64. The van der Waals surface area contributed by atoms with Crippen LogP contribution in [0.1, 0.15) is 9.81 Å². The number of aromatic nitrogens is 5. The predicted octanol–water partition coefficient (Wildman–Crippen LogP) is 1.97. The van der Waals surface area contributed by atoms with E-state index in [1.54, 1.807) is 30.2 Å². The molecule has 27 heavy (non-hydrogen) atoms. The lowest BCUT2D eigenvalue weighted by molar-refractivity contribution is -0.120. The van der Waals surface area contributed by atoms with Crippen molar-refractivity contribution in [2.45, 2.75) is 6.42 Å². The van der Waals surface area contributed by atoms with E-state index >= 15 is 0 Å². The number of hydrogen-bond donors (Lipinski definition) is 2. The smallest absolute Gasteiger partial charge is 0.225 e. The molecule has 0 aliphatic carbocycles. The lowest BCUT2D eigenvalue weighted by atomic mass is 10.1. The van der Waals surface area contributed by atoms with Crippen molar-refractivity contribution in [1.82, 2.24) is 30.3 Å². The molecular formula is C17H18ClN7O2. The van der Waals surface area contributed by atoms with Gasteiger partial charge in [-0.3, -0.25) is 9.48 Å². The maximum Gasteiger partial charge on any atom is 0.225 e. The van der Waals surface area contributed by atoms with Gasteiger partial charge in [0.25, 0.3) is 0 Å². The van der Waals surface area contributed by atoms with Gasteiger partial charge in [-0.25, -0.2) is 4.98 Å². The van der Waals surface area contributed by atoms with Crippen molar-refractivity contribution in [2.75, 3.05) is 19.4 Å². The number of nitrogens with one attached hydrogen (secondary N) is 2. The molecule has 0 aliphatic rings. The number of benzene rings is 1. The van der Waals surface area contributed by atoms with Crippen LogP contribution in [0.4, 0.5) is 11.4 Å². The molecule has 0 saturated heterocycles. The number of rotatable bonds is 6. The number of carbonyl (C=O) groups is 1. The van der Waals surface area contributed by atoms with Crippen LogP contribution in [-0.4, -0.2) is 45.0 Å². The molecule has 10 heteroatoms. The molecule has 1 amide bonds. The second-order valence-corrected chi connectivity index (χ2v) is 5.89. The van der Waals surface area contributed by atoms with Crippen molar-refractivity contribution < 1.29 is 13.6 Å². The number of carbonyl (C=O) groups excluding carboxylic acids is 1. The van der Waals surface area contributed by atoms with E-state index < -0.39 is 12.9 Å². The molecule has 0 bridgehead atoms. The molecule has 140 valence electrons. The Balaban J connectivity index is 1.94. The van der Waals surface area contributed by atoms with Gasteiger partial charge < -0.3 is 15.4 Å². The molecule has 0 fully saturated rings. The summed E-state index contributed by atoms with van der Waals surface area (Å²) in [5, 5.41) is 17.1. The number of likely N-dealkylation sites (N-methyl/N-ethyl adjacent to an activating group) is 1. The van der Waals surface area contributed by atoms with Crippen molar-refractivity contribution in [3.05, 3.63) is 41.4 Å². The van der Waals surface area contributed by atoms with Crippen LogP contribution in [0.5, 0.6) is 5.75 Å². The van der Waals surface area contributed by atoms with Crippen molar-refractivity contribution in [2.24, 2.45) is 7.05 Å². The number of aryl methyl sites for hydroxylation is 1. The fourth-order valence-electron chi connectivity index (χ4n) is 2.47. The highest BCUT2D eigenvalue weighted by molar-refractivity contribution is 6.29. The Morgan fingerprint density at radius 3 is 2.93 bits per heavy atom. The SMILES string of the molecule is [2H]C([2H])([2H])NC(=O)Cc1nnc(Cl)cc1Nc1cccc(-c2ncn(C)n2)c1OC. The molecule has 2 heterocycles. The normalized spacial score (nSPS) is 12.6. The van der Waals surface area contributed by atoms with Gasteiger partial charge in [0, 0.05) is 24.2 Å². The average molecular weight is 391 g/mol. The molecule has 0 saturated carbocycles. The maximum atomic E-state index is 12.0. The highest BCUT2D eigenvalue weighted by atomic mass is 35.5. The van der Waals surface area contributed by atoms with Gasteiger partial charge >= 0.3 is 0 Å². The molecule has 9 nitrogen and oxygen atoms in total. The number of methoxy groups -OCH3 is 1. The van der Waals surface area contributed by atoms with E-state index in [0.717, 1.165) is 0 Å². The van der Waals surface area contributed by atoms with Gasteiger partial charge in [-0.15, -0.1) is 5.10 Å². The first-order valence-corrected chi connectivity index (χ1v) is 8.17. The van der Waals surface area contributed by atoms with E-state index in [9.17, 15) is 4.79 Å². The average Bonchev–Trinajstić information content (AvgIpc) is 3.08. The summed E-state index contributed by atoms with van der Waals surface area (Å²) in [7, 11) is 3.27. The monoisotopic (exact) mass is 390 g/mol. The van der Waals surface area contributed by atoms with Crippen LogP contribution in [0.3, 0.4) is 0 Å². The highest BCUT2D eigenvalue weighted by Crippen LogP contribution is 2.37. The minimum atomic E-state index is -2.60. The van der Waals surface area contributed by atoms with Crippen LogP contribution < -0.4 is 15.4 Å². The first-order valence-electron chi connectivity index (χ1n) is 9.29. The molecule has 0 spiro atoms. The second-order valence-electron chi connectivity index (χ2n) is 5.51. The zero-order chi connectivity index (χ0) is 21.9. The molecule has 0 aliphatic heterocycles. The molecule has 3 rings (SSSR count). The largest absolute Gasteiger partial charge is 0.494 e. The third kappa shape index (κ3) is 4.14. The summed E-state index contributed by atoms with van der Waals surface area (Å²) in [6.45, 7) is -2.60. The summed E-state index contributed by atoms with van der Waals surface area (Å²) in [6, 6.07) is 6.83. The predicted molar refractivity (Wildman–Crippen MR) is 101 cm³/mol. The summed E-state index contributed by atoms with van der Waals surface area (Å²) < 4.78 is 28.6. The molecule has 2 N–H and O–H groups in total. The molecule has 3 aromatic rings. The summed E-state index contributed by atoms with van der Waals surface area (Å²) in [5.74, 6) is 0.212. The number of hydrogen-bond acceptors (Lipinski definition) is 7. The molecule has 1 aromatic carbocycles. The van der Waals surface area contributed by atoms with Crippen LogP contribution in [0.25, 0.3) is 11.4 Å². The molecule has 0 atom stereocenters. The van der Waals surface area contributed by atoms with Crippen LogP contribution in [-0.2, 0) is 18.3 Å². The van der Waals surface area contributed by atoms with Crippen LogP contribution in [0.2, 0.25) is 5.15 Å². The molecular weight excluding hydrogens is 370 g/mol. The van der Waals surface area contributed by atoms with Gasteiger partial charge in [-0.2, -0.15) is 10.2 Å². The number of halogens is 1. The van der Waals surface area contributed by atoms with Crippen molar-refractivity contribution in [1.29, 1.82) is 0 Å². The topological polar surface area (TPSA) is 107 Å². The van der Waals surface area contributed by atoms with E-state index in [2.05, 4.69) is 25.6 Å². The number of amides is 1. The lowest BCUT2D eigenvalue weighted by Gasteiger charge is -2.15. The third-order valence-corrected chi connectivity index (χ3v) is 3.82. The van der Waals surface area contributed by atoms with E-state index in [1.807, 2.05) is 11.4 Å². The Kier molecular flexibility index (Phi) is 4.42. The number of anilines is 2. The summed E-state index contributed by atoms with van der Waals surface area (Å²) >= 11 is 5.97. The Morgan fingerprint density at radius 1 is 1.37 bits per heavy atom. The summed E-state index contributed by atoms with van der Waals surface area (Å²) in [5.41, 5.74) is 1.78. The first kappa shape index (κ1) is 14.9. The molecule has 0 radical (unpaired) electrons. The van der Waals surface area contributed by atoms with Crippen LogP contribution in [0, 0.1) is 0 Å². The number of para-hydroxylation sites is 1. The molecule has 2 aromatic heterocycles.